The molecule has 0 saturated heterocycles. The summed E-state index contributed by atoms with van der Waals surface area (Å²) >= 11 is 0. The number of amides is 1. The van der Waals surface area contributed by atoms with E-state index in [1.165, 1.54) is 6.07 Å². The van der Waals surface area contributed by atoms with Gasteiger partial charge in [0, 0.05) is 24.3 Å². The Morgan fingerprint density at radius 2 is 1.79 bits per heavy atom. The van der Waals surface area contributed by atoms with Crippen molar-refractivity contribution in [2.24, 2.45) is 0 Å². The van der Waals surface area contributed by atoms with Crippen molar-refractivity contribution in [3.05, 3.63) is 66.2 Å². The molecule has 0 spiro atoms. The Hall–Kier alpha value is -3.12. The van der Waals surface area contributed by atoms with E-state index in [4.69, 9.17) is 0 Å². The lowest BCUT2D eigenvalue weighted by molar-refractivity contribution is 0.0772. The Morgan fingerprint density at radius 3 is 2.41 bits per heavy atom. The highest BCUT2D eigenvalue weighted by molar-refractivity contribution is 6.05. The zero-order valence-electron chi connectivity index (χ0n) is 17.1. The summed E-state index contributed by atoms with van der Waals surface area (Å²) in [6.45, 7) is 9.63. The standard InChI is InChI=1S/C23H29N3O3/c1-4-7-15-24-16-21(28)22-19(9-8-10-20(22)27)25-18-13-11-17(12-14-18)23(29)26(5-2)6-3/h4,8-14,24-25,27H,1,5-7,15-16H2,2-3H3. The van der Waals surface area contributed by atoms with Crippen LogP contribution in [0, 0.1) is 0 Å². The van der Waals surface area contributed by atoms with Crippen LogP contribution >= 0.6 is 0 Å². The molecule has 6 heteroatoms. The number of Topliss-reactive ketones (excluding diaryl/α,β-unsaturated/α-hetero) is 1. The third-order valence-electron chi connectivity index (χ3n) is 4.59. The van der Waals surface area contributed by atoms with Crippen LogP contribution in [0.5, 0.6) is 5.75 Å². The molecule has 0 heterocycles. The van der Waals surface area contributed by atoms with Crippen LogP contribution in [0.3, 0.4) is 0 Å². The predicted molar refractivity (Wildman–Crippen MR) is 117 cm³/mol. The molecule has 3 N–H and O–H groups in total. The van der Waals surface area contributed by atoms with Gasteiger partial charge in [-0.2, -0.15) is 0 Å². The zero-order chi connectivity index (χ0) is 21.2. The first-order valence-corrected chi connectivity index (χ1v) is 9.84. The zero-order valence-corrected chi connectivity index (χ0v) is 17.1. The highest BCUT2D eigenvalue weighted by Crippen LogP contribution is 2.28. The Balaban J connectivity index is 2.15. The van der Waals surface area contributed by atoms with Crippen molar-refractivity contribution in [1.29, 1.82) is 0 Å². The summed E-state index contributed by atoms with van der Waals surface area (Å²) in [5.74, 6) is -0.290. The molecule has 0 bridgehead atoms. The minimum Gasteiger partial charge on any atom is -0.507 e. The number of phenols is 1. The van der Waals surface area contributed by atoms with Crippen LogP contribution in [-0.4, -0.2) is 47.9 Å². The highest BCUT2D eigenvalue weighted by Gasteiger charge is 2.17. The van der Waals surface area contributed by atoms with Gasteiger partial charge in [0.25, 0.3) is 5.91 Å². The van der Waals surface area contributed by atoms with Gasteiger partial charge in [-0.25, -0.2) is 0 Å². The fourth-order valence-electron chi connectivity index (χ4n) is 2.98. The molecule has 0 aliphatic rings. The second-order valence-electron chi connectivity index (χ2n) is 6.56. The topological polar surface area (TPSA) is 81.7 Å². The molecule has 29 heavy (non-hydrogen) atoms. The molecule has 2 aromatic rings. The van der Waals surface area contributed by atoms with Gasteiger partial charge in [0.2, 0.25) is 0 Å². The van der Waals surface area contributed by atoms with Crippen molar-refractivity contribution < 1.29 is 14.7 Å². The van der Waals surface area contributed by atoms with E-state index in [2.05, 4.69) is 17.2 Å². The van der Waals surface area contributed by atoms with Gasteiger partial charge in [0.15, 0.2) is 5.78 Å². The molecule has 1 amide bonds. The monoisotopic (exact) mass is 395 g/mol. The van der Waals surface area contributed by atoms with E-state index in [0.717, 1.165) is 12.1 Å². The summed E-state index contributed by atoms with van der Waals surface area (Å²) in [7, 11) is 0. The first-order chi connectivity index (χ1) is 14.0. The van der Waals surface area contributed by atoms with E-state index < -0.39 is 0 Å². The fraction of sp³-hybridized carbons (Fsp3) is 0.304. The molecular weight excluding hydrogens is 366 g/mol. The van der Waals surface area contributed by atoms with Gasteiger partial charge in [0.1, 0.15) is 5.75 Å². The van der Waals surface area contributed by atoms with Crippen LogP contribution in [-0.2, 0) is 0 Å². The summed E-state index contributed by atoms with van der Waals surface area (Å²) in [6.07, 6.45) is 2.54. The molecule has 2 rings (SSSR count). The normalized spacial score (nSPS) is 10.4. The van der Waals surface area contributed by atoms with Crippen LogP contribution < -0.4 is 10.6 Å². The maximum absolute atomic E-state index is 12.6. The summed E-state index contributed by atoms with van der Waals surface area (Å²) in [5.41, 5.74) is 2.09. The van der Waals surface area contributed by atoms with Gasteiger partial charge in [-0.15, -0.1) is 6.58 Å². The molecule has 0 saturated carbocycles. The number of carbonyl (C=O) groups excluding carboxylic acids is 2. The first kappa shape index (κ1) is 22.2. The Morgan fingerprint density at radius 1 is 1.10 bits per heavy atom. The van der Waals surface area contributed by atoms with Gasteiger partial charge in [-0.05, 0) is 63.2 Å². The molecule has 0 fully saturated rings. The predicted octanol–water partition coefficient (Wildman–Crippen LogP) is 3.97. The average Bonchev–Trinajstić information content (AvgIpc) is 2.72. The maximum atomic E-state index is 12.6. The number of phenolic OH excluding ortho intramolecular Hbond substituents is 1. The van der Waals surface area contributed by atoms with Gasteiger partial charge in [-0.3, -0.25) is 9.59 Å². The third-order valence-corrected chi connectivity index (χ3v) is 4.59. The molecule has 2 aromatic carbocycles. The Bertz CT molecular complexity index is 843. The van der Waals surface area contributed by atoms with Crippen molar-refractivity contribution in [3.63, 3.8) is 0 Å². The molecular formula is C23H29N3O3. The molecule has 0 aliphatic heterocycles. The second-order valence-corrected chi connectivity index (χ2v) is 6.56. The Kier molecular flexibility index (Phi) is 8.43. The highest BCUT2D eigenvalue weighted by atomic mass is 16.3. The number of aromatic hydroxyl groups is 1. The summed E-state index contributed by atoms with van der Waals surface area (Å²) in [4.78, 5) is 26.8. The van der Waals surface area contributed by atoms with Crippen molar-refractivity contribution in [2.75, 3.05) is 31.5 Å². The van der Waals surface area contributed by atoms with Crippen LogP contribution in [0.2, 0.25) is 0 Å². The summed E-state index contributed by atoms with van der Waals surface area (Å²) in [5, 5.41) is 16.4. The van der Waals surface area contributed by atoms with E-state index in [1.807, 2.05) is 13.8 Å². The van der Waals surface area contributed by atoms with E-state index in [1.54, 1.807) is 47.4 Å². The number of carbonyl (C=O) groups is 2. The number of hydrogen-bond acceptors (Lipinski definition) is 5. The van der Waals surface area contributed by atoms with Crippen molar-refractivity contribution in [1.82, 2.24) is 10.2 Å². The number of hydrogen-bond donors (Lipinski definition) is 3. The fourth-order valence-corrected chi connectivity index (χ4v) is 2.98. The molecule has 0 unspecified atom stereocenters. The van der Waals surface area contributed by atoms with Crippen LogP contribution in [0.4, 0.5) is 11.4 Å². The largest absolute Gasteiger partial charge is 0.507 e. The van der Waals surface area contributed by atoms with Crippen molar-refractivity contribution in [2.45, 2.75) is 20.3 Å². The van der Waals surface area contributed by atoms with E-state index in [0.29, 0.717) is 30.9 Å². The van der Waals surface area contributed by atoms with Crippen LogP contribution in [0.15, 0.2) is 55.1 Å². The number of anilines is 2. The number of nitrogens with one attached hydrogen (secondary N) is 2. The lowest BCUT2D eigenvalue weighted by Gasteiger charge is -2.19. The van der Waals surface area contributed by atoms with Crippen LogP contribution in [0.25, 0.3) is 0 Å². The van der Waals surface area contributed by atoms with Gasteiger partial charge < -0.3 is 20.6 Å². The minimum absolute atomic E-state index is 0.0135. The number of benzene rings is 2. The van der Waals surface area contributed by atoms with Gasteiger partial charge >= 0.3 is 0 Å². The molecule has 154 valence electrons. The maximum Gasteiger partial charge on any atom is 0.253 e. The molecule has 0 atom stereocenters. The summed E-state index contributed by atoms with van der Waals surface area (Å²) in [6, 6.07) is 12.0. The lowest BCUT2D eigenvalue weighted by Crippen LogP contribution is -2.30. The van der Waals surface area contributed by atoms with Gasteiger partial charge in [0.05, 0.1) is 17.8 Å². The first-order valence-electron chi connectivity index (χ1n) is 9.84. The third kappa shape index (κ3) is 5.93. The SMILES string of the molecule is C=CCCNCC(=O)c1c(O)cccc1Nc1ccc(C(=O)N(CC)CC)cc1. The number of ketones is 1. The number of rotatable bonds is 11. The molecule has 0 aromatic heterocycles. The minimum atomic E-state index is -0.206. The van der Waals surface area contributed by atoms with Crippen molar-refractivity contribution >= 4 is 23.1 Å². The van der Waals surface area contributed by atoms with E-state index in [9.17, 15) is 14.7 Å². The second kappa shape index (κ2) is 11.0. The van der Waals surface area contributed by atoms with E-state index >= 15 is 0 Å². The van der Waals surface area contributed by atoms with E-state index in [-0.39, 0.29) is 29.5 Å². The molecule has 0 aliphatic carbocycles. The number of nitrogens with zero attached hydrogens (tertiary/aromatic N) is 1. The summed E-state index contributed by atoms with van der Waals surface area (Å²) < 4.78 is 0. The Labute approximate surface area is 172 Å². The quantitative estimate of drug-likeness (QED) is 0.305. The van der Waals surface area contributed by atoms with Gasteiger partial charge in [-0.1, -0.05) is 12.1 Å². The van der Waals surface area contributed by atoms with Crippen LogP contribution in [0.1, 0.15) is 41.0 Å². The lowest BCUT2D eigenvalue weighted by atomic mass is 10.1. The smallest absolute Gasteiger partial charge is 0.253 e. The molecule has 0 radical (unpaired) electrons. The average molecular weight is 396 g/mol. The van der Waals surface area contributed by atoms with Crippen molar-refractivity contribution in [3.8, 4) is 5.75 Å². The molecule has 6 nitrogen and oxygen atoms in total.